The van der Waals surface area contributed by atoms with Gasteiger partial charge in [0.1, 0.15) is 0 Å². The van der Waals surface area contributed by atoms with Crippen molar-refractivity contribution in [3.8, 4) is 0 Å². The average molecular weight is 306 g/mol. The average Bonchev–Trinajstić information content (AvgIpc) is 2.56. The van der Waals surface area contributed by atoms with Gasteiger partial charge in [-0.25, -0.2) is 0 Å². The summed E-state index contributed by atoms with van der Waals surface area (Å²) in [5, 5.41) is 2.39. The minimum absolute atomic E-state index is 0.0967. The van der Waals surface area contributed by atoms with Gasteiger partial charge >= 0.3 is 0 Å². The molecule has 0 heterocycles. The molecule has 3 aromatic carbocycles. The van der Waals surface area contributed by atoms with Crippen molar-refractivity contribution in [1.82, 2.24) is 0 Å². The Morgan fingerprint density at radius 3 is 2.41 bits per heavy atom. The summed E-state index contributed by atoms with van der Waals surface area (Å²) in [7, 11) is 0. The molecule has 0 radical (unpaired) electrons. The van der Waals surface area contributed by atoms with Gasteiger partial charge in [0.25, 0.3) is 0 Å². The molecule has 0 aromatic heterocycles. The summed E-state index contributed by atoms with van der Waals surface area (Å²) < 4.78 is 0. The van der Waals surface area contributed by atoms with Crippen LogP contribution in [0, 0.1) is 0 Å². The monoisotopic (exact) mass is 306 g/mol. The summed E-state index contributed by atoms with van der Waals surface area (Å²) in [4.78, 5) is 13.5. The topological polar surface area (TPSA) is 17.1 Å². The third kappa shape index (κ3) is 3.23. The van der Waals surface area contributed by atoms with Crippen LogP contribution in [0.1, 0.15) is 29.3 Å². The molecule has 3 aromatic rings. The molecule has 0 unspecified atom stereocenters. The maximum Gasteiger partial charge on any atom is 0.224 e. The number of hydrogen-bond acceptors (Lipinski definition) is 2. The van der Waals surface area contributed by atoms with Crippen molar-refractivity contribution in [2.75, 3.05) is 0 Å². The summed E-state index contributed by atoms with van der Waals surface area (Å²) in [6.07, 6.45) is 2.18. The van der Waals surface area contributed by atoms with Gasteiger partial charge in [0.15, 0.2) is 0 Å². The number of rotatable bonds is 4. The lowest BCUT2D eigenvalue weighted by Crippen LogP contribution is -1.94. The first kappa shape index (κ1) is 14.9. The zero-order valence-electron chi connectivity index (χ0n) is 12.6. The first-order chi connectivity index (χ1) is 10.8. The molecule has 2 heteroatoms. The van der Waals surface area contributed by atoms with E-state index in [9.17, 15) is 4.79 Å². The molecule has 0 aliphatic rings. The lowest BCUT2D eigenvalue weighted by Gasteiger charge is -2.06. The lowest BCUT2D eigenvalue weighted by molar-refractivity contribution is 0.108. The van der Waals surface area contributed by atoms with Crippen molar-refractivity contribution in [2.45, 2.75) is 24.7 Å². The van der Waals surface area contributed by atoms with Crippen LogP contribution >= 0.6 is 11.8 Å². The first-order valence-electron chi connectivity index (χ1n) is 7.57. The molecule has 1 nitrogen and oxygen atoms in total. The Kier molecular flexibility index (Phi) is 4.59. The van der Waals surface area contributed by atoms with Gasteiger partial charge < -0.3 is 0 Å². The molecule has 0 spiro atoms. The molecule has 0 saturated heterocycles. The molecule has 0 N–H and O–H groups in total. The number of benzene rings is 3. The van der Waals surface area contributed by atoms with E-state index < -0.39 is 0 Å². The van der Waals surface area contributed by atoms with E-state index >= 15 is 0 Å². The van der Waals surface area contributed by atoms with E-state index in [1.165, 1.54) is 22.7 Å². The van der Waals surface area contributed by atoms with Gasteiger partial charge in [0.05, 0.1) is 0 Å². The van der Waals surface area contributed by atoms with Crippen molar-refractivity contribution >= 4 is 27.6 Å². The van der Waals surface area contributed by atoms with Crippen molar-refractivity contribution in [3.63, 3.8) is 0 Å². The molecule has 110 valence electrons. The van der Waals surface area contributed by atoms with E-state index in [0.717, 1.165) is 28.7 Å². The van der Waals surface area contributed by atoms with Crippen LogP contribution in [0.2, 0.25) is 0 Å². The number of carbonyl (C=O) groups excluding carboxylic acids is 1. The largest absolute Gasteiger partial charge is 0.281 e. The van der Waals surface area contributed by atoms with Gasteiger partial charge in [-0.15, -0.1) is 0 Å². The molecule has 0 fully saturated rings. The fourth-order valence-corrected chi connectivity index (χ4v) is 3.44. The molecular formula is C20H18OS. The molecule has 0 aliphatic heterocycles. The molecule has 0 bridgehead atoms. The van der Waals surface area contributed by atoms with Crippen LogP contribution < -0.4 is 0 Å². The predicted molar refractivity (Wildman–Crippen MR) is 94.6 cm³/mol. The molecule has 0 atom stereocenters. The highest BCUT2D eigenvalue weighted by Gasteiger charge is 2.10. The number of fused-ring (bicyclic) bond motifs is 1. The minimum Gasteiger partial charge on any atom is -0.281 e. The molecule has 22 heavy (non-hydrogen) atoms. The van der Waals surface area contributed by atoms with Gasteiger partial charge in [-0.3, -0.25) is 4.79 Å². The number of hydrogen-bond donors (Lipinski definition) is 0. The molecule has 0 saturated carbocycles. The van der Waals surface area contributed by atoms with E-state index in [-0.39, 0.29) is 5.12 Å². The van der Waals surface area contributed by atoms with Gasteiger partial charge in [-0.05, 0) is 40.6 Å². The van der Waals surface area contributed by atoms with Crippen LogP contribution in [0.5, 0.6) is 0 Å². The SMILES string of the molecule is CCCc1ccc(C(=O)Sc2cccc3ccccc23)cc1. The van der Waals surface area contributed by atoms with Crippen molar-refractivity contribution in [1.29, 1.82) is 0 Å². The second-order valence-corrected chi connectivity index (χ2v) is 6.33. The van der Waals surface area contributed by atoms with Gasteiger partial charge in [0, 0.05) is 10.5 Å². The van der Waals surface area contributed by atoms with Crippen molar-refractivity contribution in [3.05, 3.63) is 77.9 Å². The summed E-state index contributed by atoms with van der Waals surface area (Å²) >= 11 is 1.31. The Hall–Kier alpha value is -2.06. The number of thioether (sulfide) groups is 1. The second-order valence-electron chi connectivity index (χ2n) is 5.31. The van der Waals surface area contributed by atoms with Crippen LogP contribution in [0.3, 0.4) is 0 Å². The van der Waals surface area contributed by atoms with Crippen LogP contribution in [0.15, 0.2) is 71.6 Å². The zero-order valence-corrected chi connectivity index (χ0v) is 13.4. The highest BCUT2D eigenvalue weighted by molar-refractivity contribution is 8.14. The first-order valence-corrected chi connectivity index (χ1v) is 8.38. The van der Waals surface area contributed by atoms with Gasteiger partial charge in [-0.2, -0.15) is 0 Å². The highest BCUT2D eigenvalue weighted by Crippen LogP contribution is 2.30. The number of aryl methyl sites for hydroxylation is 1. The normalized spacial score (nSPS) is 10.8. The predicted octanol–water partition coefficient (Wildman–Crippen LogP) is 5.72. The van der Waals surface area contributed by atoms with E-state index in [2.05, 4.69) is 37.3 Å². The molecule has 3 rings (SSSR count). The van der Waals surface area contributed by atoms with Crippen molar-refractivity contribution < 1.29 is 4.79 Å². The zero-order chi connectivity index (χ0) is 15.4. The standard InChI is InChI=1S/C20H18OS/c1-2-6-15-11-13-17(14-12-15)20(21)22-19-10-5-8-16-7-3-4-9-18(16)19/h3-5,7-14H,2,6H2,1H3. The quantitative estimate of drug-likeness (QED) is 0.573. The van der Waals surface area contributed by atoms with Gasteiger partial charge in [0.2, 0.25) is 5.12 Å². The molecule has 0 aliphatic carbocycles. The third-order valence-corrected chi connectivity index (χ3v) is 4.68. The number of carbonyl (C=O) groups is 1. The van der Waals surface area contributed by atoms with E-state index in [4.69, 9.17) is 0 Å². The maximum absolute atomic E-state index is 12.5. The summed E-state index contributed by atoms with van der Waals surface area (Å²) in [6.45, 7) is 2.16. The second kappa shape index (κ2) is 6.80. The molecule has 0 amide bonds. The van der Waals surface area contributed by atoms with Crippen LogP contribution in [-0.2, 0) is 6.42 Å². The van der Waals surface area contributed by atoms with Gasteiger partial charge in [-0.1, -0.05) is 74.0 Å². The Labute approximate surface area is 135 Å². The fraction of sp³-hybridized carbons (Fsp3) is 0.150. The van der Waals surface area contributed by atoms with Crippen LogP contribution in [0.25, 0.3) is 10.8 Å². The van der Waals surface area contributed by atoms with Crippen molar-refractivity contribution in [2.24, 2.45) is 0 Å². The lowest BCUT2D eigenvalue weighted by atomic mass is 10.1. The summed E-state index contributed by atoms with van der Waals surface area (Å²) in [5.41, 5.74) is 2.05. The Balaban J connectivity index is 1.83. The third-order valence-electron chi connectivity index (χ3n) is 3.68. The van der Waals surface area contributed by atoms with Crippen LogP contribution in [0.4, 0.5) is 0 Å². The molecular weight excluding hydrogens is 288 g/mol. The highest BCUT2D eigenvalue weighted by atomic mass is 32.2. The fourth-order valence-electron chi connectivity index (χ4n) is 2.54. The Morgan fingerprint density at radius 1 is 0.909 bits per heavy atom. The van der Waals surface area contributed by atoms with E-state index in [0.29, 0.717) is 0 Å². The Morgan fingerprint density at radius 2 is 1.64 bits per heavy atom. The summed E-state index contributed by atoms with van der Waals surface area (Å²) in [5.74, 6) is 0. The summed E-state index contributed by atoms with van der Waals surface area (Å²) in [6, 6.07) is 22.2. The van der Waals surface area contributed by atoms with E-state index in [1.807, 2.05) is 36.4 Å². The minimum atomic E-state index is 0.0967. The van der Waals surface area contributed by atoms with Crippen LogP contribution in [-0.4, -0.2) is 5.12 Å². The Bertz CT molecular complexity index is 785. The smallest absolute Gasteiger partial charge is 0.224 e. The maximum atomic E-state index is 12.5. The van der Waals surface area contributed by atoms with E-state index in [1.54, 1.807) is 0 Å².